The first-order chi connectivity index (χ1) is 20.4. The first-order valence-corrected chi connectivity index (χ1v) is 14.6. The van der Waals surface area contributed by atoms with E-state index < -0.39 is 23.8 Å². The van der Waals surface area contributed by atoms with Gasteiger partial charge in [-0.3, -0.25) is 14.9 Å². The van der Waals surface area contributed by atoms with Gasteiger partial charge in [0.2, 0.25) is 5.91 Å². The first-order valence-electron chi connectivity index (χ1n) is 13.1. The number of carbonyl (C=O) groups is 3. The summed E-state index contributed by atoms with van der Waals surface area (Å²) in [5.41, 5.74) is 2.64. The normalized spacial score (nSPS) is 16.1. The molecule has 0 spiro atoms. The molecule has 1 saturated heterocycles. The van der Waals surface area contributed by atoms with E-state index in [2.05, 4.69) is 15.8 Å². The molecule has 0 radical (unpaired) electrons. The van der Waals surface area contributed by atoms with Crippen LogP contribution in [-0.4, -0.2) is 57.6 Å². The van der Waals surface area contributed by atoms with Crippen molar-refractivity contribution in [3.05, 3.63) is 92.4 Å². The van der Waals surface area contributed by atoms with Gasteiger partial charge in [0, 0.05) is 45.0 Å². The van der Waals surface area contributed by atoms with Gasteiger partial charge in [-0.05, 0) is 68.8 Å². The highest BCUT2D eigenvalue weighted by atomic mass is 35.5. The Morgan fingerprint density at radius 1 is 1.00 bits per heavy atom. The number of hydrogen-bond donors (Lipinski definition) is 3. The monoisotopic (exact) mass is 664 g/mol. The van der Waals surface area contributed by atoms with Crippen LogP contribution in [0.4, 0.5) is 21.0 Å². The summed E-state index contributed by atoms with van der Waals surface area (Å²) in [6.07, 6.45) is 0.557. The third-order valence-corrected chi connectivity index (χ3v) is 7.78. The molecule has 3 aromatic carbocycles. The van der Waals surface area contributed by atoms with Crippen LogP contribution < -0.4 is 15.6 Å². The molecule has 1 heterocycles. The molecule has 0 unspecified atom stereocenters. The van der Waals surface area contributed by atoms with Gasteiger partial charge in [-0.15, -0.1) is 0 Å². The van der Waals surface area contributed by atoms with E-state index >= 15 is 0 Å². The second kappa shape index (κ2) is 13.8. The van der Waals surface area contributed by atoms with Gasteiger partial charge in [-0.25, -0.2) is 15.0 Å². The molecule has 226 valence electrons. The molecule has 5 amide bonds. The number of hydroxylamine groups is 2. The molecule has 4 rings (SSSR count). The molecule has 0 aliphatic carbocycles. The van der Waals surface area contributed by atoms with Crippen molar-refractivity contribution >= 4 is 82.0 Å². The average molecular weight is 666 g/mol. The van der Waals surface area contributed by atoms with Gasteiger partial charge < -0.3 is 10.2 Å². The zero-order chi connectivity index (χ0) is 31.3. The van der Waals surface area contributed by atoms with Gasteiger partial charge >= 0.3 is 12.1 Å². The van der Waals surface area contributed by atoms with Crippen LogP contribution in [0.3, 0.4) is 0 Å². The SMILES string of the molecule is CC1(C)[C@H](N(O)C(=O)Nc2cccc(Cl)c2)N(c2cccc(Cl)c2)C(=O)N1CCCC(=O)N/N=C\c1ccc(Cl)cc1Cl. The minimum atomic E-state index is -1.17. The summed E-state index contributed by atoms with van der Waals surface area (Å²) < 4.78 is 0. The highest BCUT2D eigenvalue weighted by molar-refractivity contribution is 6.36. The van der Waals surface area contributed by atoms with Crippen molar-refractivity contribution in [2.75, 3.05) is 16.8 Å². The van der Waals surface area contributed by atoms with Crippen LogP contribution in [0, 0.1) is 0 Å². The molecule has 1 atom stereocenters. The predicted molar refractivity (Wildman–Crippen MR) is 169 cm³/mol. The van der Waals surface area contributed by atoms with E-state index in [-0.39, 0.29) is 25.3 Å². The van der Waals surface area contributed by atoms with Crippen molar-refractivity contribution in [3.8, 4) is 0 Å². The molecule has 10 nitrogen and oxygen atoms in total. The number of nitrogens with one attached hydrogen (secondary N) is 2. The smallest absolute Gasteiger partial charge is 0.315 e. The van der Waals surface area contributed by atoms with Crippen molar-refractivity contribution in [2.45, 2.75) is 38.4 Å². The fourth-order valence-corrected chi connectivity index (χ4v) is 5.53. The number of halogens is 4. The number of urea groups is 2. The Balaban J connectivity index is 1.48. The number of carbonyl (C=O) groups excluding carboxylic acids is 3. The largest absolute Gasteiger partial charge is 0.347 e. The Kier molecular flexibility index (Phi) is 10.4. The average Bonchev–Trinajstić information content (AvgIpc) is 3.14. The second-order valence-electron chi connectivity index (χ2n) is 10.2. The van der Waals surface area contributed by atoms with Gasteiger partial charge in [-0.1, -0.05) is 64.6 Å². The summed E-state index contributed by atoms with van der Waals surface area (Å²) in [6, 6.07) is 16.5. The highest BCUT2D eigenvalue weighted by Crippen LogP contribution is 2.39. The Morgan fingerprint density at radius 2 is 1.67 bits per heavy atom. The van der Waals surface area contributed by atoms with Crippen LogP contribution in [0.1, 0.15) is 32.3 Å². The van der Waals surface area contributed by atoms with E-state index in [1.54, 1.807) is 74.5 Å². The Labute approximate surface area is 268 Å². The Bertz CT molecular complexity index is 1550. The lowest BCUT2D eigenvalue weighted by molar-refractivity contribution is -0.121. The second-order valence-corrected chi connectivity index (χ2v) is 11.9. The van der Waals surface area contributed by atoms with Crippen LogP contribution in [-0.2, 0) is 4.79 Å². The number of amides is 5. The first kappa shape index (κ1) is 32.4. The standard InChI is InChI=1S/C29H28Cl4N6O4/c1-29(2)26(39(43)27(41)35-22-8-3-6-19(30)14-22)38(23-9-4-7-20(31)15-23)28(42)37(29)13-5-10-25(40)36-34-17-18-11-12-21(32)16-24(18)33/h3-4,6-9,11-12,14-17,26,43H,5,10,13H2,1-2H3,(H,35,41)(H,36,40)/b34-17-/t26-/m0/s1. The van der Waals surface area contributed by atoms with E-state index in [9.17, 15) is 19.6 Å². The molecule has 0 saturated carbocycles. The van der Waals surface area contributed by atoms with Gasteiger partial charge in [0.25, 0.3) is 0 Å². The molecule has 1 fully saturated rings. The quantitative estimate of drug-likeness (QED) is 0.125. The molecule has 3 N–H and O–H groups in total. The number of hydrazone groups is 1. The minimum Gasteiger partial charge on any atom is -0.315 e. The van der Waals surface area contributed by atoms with E-state index in [0.29, 0.717) is 42.1 Å². The number of hydrogen-bond acceptors (Lipinski definition) is 5. The van der Waals surface area contributed by atoms with Crippen molar-refractivity contribution in [1.82, 2.24) is 15.4 Å². The predicted octanol–water partition coefficient (Wildman–Crippen LogP) is 7.50. The third-order valence-electron chi connectivity index (χ3n) is 6.75. The number of rotatable bonds is 9. The van der Waals surface area contributed by atoms with Crippen molar-refractivity contribution < 1.29 is 19.6 Å². The Morgan fingerprint density at radius 3 is 2.35 bits per heavy atom. The Hall–Kier alpha value is -3.54. The lowest BCUT2D eigenvalue weighted by Crippen LogP contribution is -2.58. The van der Waals surface area contributed by atoms with Gasteiger partial charge in [0.1, 0.15) is 0 Å². The van der Waals surface area contributed by atoms with Crippen LogP contribution in [0.5, 0.6) is 0 Å². The van der Waals surface area contributed by atoms with Crippen LogP contribution in [0.2, 0.25) is 20.1 Å². The maximum absolute atomic E-state index is 13.8. The summed E-state index contributed by atoms with van der Waals surface area (Å²) in [4.78, 5) is 42.2. The van der Waals surface area contributed by atoms with Crippen LogP contribution in [0.25, 0.3) is 0 Å². The fourth-order valence-electron chi connectivity index (χ4n) is 4.70. The van der Waals surface area contributed by atoms with Gasteiger partial charge in [0.15, 0.2) is 6.17 Å². The molecule has 0 bridgehead atoms. The molecule has 14 heteroatoms. The van der Waals surface area contributed by atoms with Crippen molar-refractivity contribution in [3.63, 3.8) is 0 Å². The topological polar surface area (TPSA) is 118 Å². The van der Waals surface area contributed by atoms with E-state index in [1.807, 2.05) is 0 Å². The molecule has 1 aliphatic rings. The highest BCUT2D eigenvalue weighted by Gasteiger charge is 2.55. The molecular weight excluding hydrogens is 638 g/mol. The molecule has 0 aromatic heterocycles. The summed E-state index contributed by atoms with van der Waals surface area (Å²) in [5.74, 6) is -0.376. The summed E-state index contributed by atoms with van der Waals surface area (Å²) in [5, 5.41) is 19.8. The number of benzene rings is 3. The van der Waals surface area contributed by atoms with Gasteiger partial charge in [0.05, 0.1) is 16.8 Å². The minimum absolute atomic E-state index is 0.0471. The molecular formula is C29H28Cl4N6O4. The van der Waals surface area contributed by atoms with E-state index in [4.69, 9.17) is 46.4 Å². The lowest BCUT2D eigenvalue weighted by atomic mass is 9.99. The van der Waals surface area contributed by atoms with Crippen molar-refractivity contribution in [2.24, 2.45) is 5.10 Å². The summed E-state index contributed by atoms with van der Waals surface area (Å²) in [6.45, 7) is 3.58. The summed E-state index contributed by atoms with van der Waals surface area (Å²) >= 11 is 24.3. The zero-order valence-electron chi connectivity index (χ0n) is 23.1. The zero-order valence-corrected chi connectivity index (χ0v) is 26.1. The third kappa shape index (κ3) is 7.70. The maximum atomic E-state index is 13.8. The van der Waals surface area contributed by atoms with Gasteiger partial charge in [-0.2, -0.15) is 10.2 Å². The van der Waals surface area contributed by atoms with Crippen LogP contribution in [0.15, 0.2) is 71.8 Å². The van der Waals surface area contributed by atoms with Crippen molar-refractivity contribution in [1.29, 1.82) is 0 Å². The summed E-state index contributed by atoms with van der Waals surface area (Å²) in [7, 11) is 0. The van der Waals surface area contributed by atoms with E-state index in [1.165, 1.54) is 22.1 Å². The number of anilines is 2. The number of nitrogens with zero attached hydrogens (tertiary/aromatic N) is 4. The van der Waals surface area contributed by atoms with Crippen LogP contribution >= 0.6 is 46.4 Å². The molecule has 1 aliphatic heterocycles. The molecule has 43 heavy (non-hydrogen) atoms. The maximum Gasteiger partial charge on any atom is 0.347 e. The lowest BCUT2D eigenvalue weighted by Gasteiger charge is -2.38. The molecule has 3 aromatic rings. The fraction of sp³-hybridized carbons (Fsp3) is 0.241. The van der Waals surface area contributed by atoms with E-state index in [0.717, 1.165) is 0 Å².